The van der Waals surface area contributed by atoms with E-state index in [0.29, 0.717) is 0 Å². The number of thiocarbonyl (C=S) groups is 1. The van der Waals surface area contributed by atoms with Crippen molar-refractivity contribution in [2.45, 2.75) is 31.6 Å². The van der Waals surface area contributed by atoms with Gasteiger partial charge >= 0.3 is 0 Å². The highest BCUT2D eigenvalue weighted by Crippen LogP contribution is 2.21. The maximum atomic E-state index is 5.48. The summed E-state index contributed by atoms with van der Waals surface area (Å²) in [6.45, 7) is 6.51. The molecule has 0 amide bonds. The second-order valence-electron chi connectivity index (χ2n) is 3.67. The van der Waals surface area contributed by atoms with E-state index < -0.39 is 0 Å². The van der Waals surface area contributed by atoms with E-state index in [0.717, 1.165) is 30.3 Å². The lowest BCUT2D eigenvalue weighted by Crippen LogP contribution is -2.28. The molecule has 0 aromatic heterocycles. The standard InChI is InChI=1S/C13H19NS2/c1-3-10-14(11-4-2)13(15)16-12-8-6-5-7-9-12/h5-9H,3-4,10-11H2,1-2H3. The molecule has 1 aromatic rings. The van der Waals surface area contributed by atoms with Crippen molar-refractivity contribution in [1.29, 1.82) is 0 Å². The minimum absolute atomic E-state index is 0.995. The number of hydrogen-bond donors (Lipinski definition) is 0. The Morgan fingerprint density at radius 2 is 1.69 bits per heavy atom. The van der Waals surface area contributed by atoms with Gasteiger partial charge in [-0.25, -0.2) is 0 Å². The van der Waals surface area contributed by atoms with Crippen LogP contribution in [0.2, 0.25) is 0 Å². The first-order valence-electron chi connectivity index (χ1n) is 5.79. The van der Waals surface area contributed by atoms with Crippen LogP contribution in [0, 0.1) is 0 Å². The van der Waals surface area contributed by atoms with Gasteiger partial charge in [0.15, 0.2) is 0 Å². The normalized spacial score (nSPS) is 10.1. The van der Waals surface area contributed by atoms with Gasteiger partial charge in [0, 0.05) is 18.0 Å². The van der Waals surface area contributed by atoms with Gasteiger partial charge in [0.25, 0.3) is 0 Å². The van der Waals surface area contributed by atoms with Gasteiger partial charge < -0.3 is 4.90 Å². The minimum Gasteiger partial charge on any atom is -0.357 e. The van der Waals surface area contributed by atoms with Crippen molar-refractivity contribution >= 4 is 28.3 Å². The maximum Gasteiger partial charge on any atom is 0.141 e. The third-order valence-corrected chi connectivity index (χ3v) is 3.64. The van der Waals surface area contributed by atoms with Gasteiger partial charge in [-0.1, -0.05) is 56.0 Å². The smallest absolute Gasteiger partial charge is 0.141 e. The Morgan fingerprint density at radius 1 is 1.12 bits per heavy atom. The molecule has 0 heterocycles. The van der Waals surface area contributed by atoms with Crippen LogP contribution < -0.4 is 0 Å². The lowest BCUT2D eigenvalue weighted by Gasteiger charge is -2.23. The topological polar surface area (TPSA) is 3.24 Å². The van der Waals surface area contributed by atoms with Crippen LogP contribution in [0.4, 0.5) is 0 Å². The van der Waals surface area contributed by atoms with E-state index in [1.54, 1.807) is 11.8 Å². The summed E-state index contributed by atoms with van der Waals surface area (Å²) in [6, 6.07) is 10.3. The Morgan fingerprint density at radius 3 is 2.19 bits per heavy atom. The van der Waals surface area contributed by atoms with Gasteiger partial charge in [0.05, 0.1) is 0 Å². The molecule has 0 atom stereocenters. The van der Waals surface area contributed by atoms with Crippen molar-refractivity contribution in [2.24, 2.45) is 0 Å². The minimum atomic E-state index is 0.995. The summed E-state index contributed by atoms with van der Waals surface area (Å²) in [7, 11) is 0. The number of rotatable bonds is 5. The summed E-state index contributed by atoms with van der Waals surface area (Å²) >= 11 is 7.17. The molecule has 0 aliphatic carbocycles. The first-order chi connectivity index (χ1) is 7.77. The van der Waals surface area contributed by atoms with E-state index in [1.807, 2.05) is 6.07 Å². The van der Waals surface area contributed by atoms with Crippen molar-refractivity contribution < 1.29 is 0 Å². The molecule has 0 unspecified atom stereocenters. The van der Waals surface area contributed by atoms with Crippen LogP contribution in [-0.2, 0) is 0 Å². The average molecular weight is 253 g/mol. The van der Waals surface area contributed by atoms with Crippen LogP contribution in [0.15, 0.2) is 35.2 Å². The molecule has 0 saturated carbocycles. The van der Waals surface area contributed by atoms with Crippen molar-refractivity contribution in [3.05, 3.63) is 30.3 Å². The number of benzene rings is 1. The summed E-state index contributed by atoms with van der Waals surface area (Å²) in [5.74, 6) is 0. The fraction of sp³-hybridized carbons (Fsp3) is 0.462. The quantitative estimate of drug-likeness (QED) is 0.572. The van der Waals surface area contributed by atoms with E-state index in [2.05, 4.69) is 43.0 Å². The van der Waals surface area contributed by atoms with Crippen molar-refractivity contribution in [3.8, 4) is 0 Å². The molecule has 1 nitrogen and oxygen atoms in total. The monoisotopic (exact) mass is 253 g/mol. The van der Waals surface area contributed by atoms with E-state index in [9.17, 15) is 0 Å². The second kappa shape index (κ2) is 7.69. The molecule has 0 fully saturated rings. The van der Waals surface area contributed by atoms with Crippen LogP contribution >= 0.6 is 24.0 Å². The third kappa shape index (κ3) is 4.54. The molecular formula is C13H19NS2. The fourth-order valence-electron chi connectivity index (χ4n) is 1.49. The molecule has 0 bridgehead atoms. The molecule has 3 heteroatoms. The molecule has 1 aromatic carbocycles. The van der Waals surface area contributed by atoms with E-state index in [1.165, 1.54) is 4.90 Å². The number of nitrogens with zero attached hydrogens (tertiary/aromatic N) is 1. The molecule has 0 aliphatic rings. The predicted molar refractivity (Wildman–Crippen MR) is 77.1 cm³/mol. The fourth-order valence-corrected chi connectivity index (χ4v) is 2.77. The highest BCUT2D eigenvalue weighted by atomic mass is 32.2. The maximum absolute atomic E-state index is 5.48. The third-order valence-electron chi connectivity index (χ3n) is 2.19. The van der Waals surface area contributed by atoms with Crippen LogP contribution in [0.25, 0.3) is 0 Å². The van der Waals surface area contributed by atoms with Crippen molar-refractivity contribution in [2.75, 3.05) is 13.1 Å². The lowest BCUT2D eigenvalue weighted by atomic mass is 10.4. The molecule has 88 valence electrons. The average Bonchev–Trinajstić information content (AvgIpc) is 2.30. The lowest BCUT2D eigenvalue weighted by molar-refractivity contribution is 0.430. The van der Waals surface area contributed by atoms with Crippen molar-refractivity contribution in [1.82, 2.24) is 4.90 Å². The van der Waals surface area contributed by atoms with Gasteiger partial charge in [-0.15, -0.1) is 0 Å². The number of hydrogen-bond acceptors (Lipinski definition) is 2. The summed E-state index contributed by atoms with van der Waals surface area (Å²) in [4.78, 5) is 3.53. The Kier molecular flexibility index (Phi) is 6.50. The highest BCUT2D eigenvalue weighted by molar-refractivity contribution is 8.22. The molecule has 0 aliphatic heterocycles. The summed E-state index contributed by atoms with van der Waals surface area (Å²) in [5.41, 5.74) is 0. The predicted octanol–water partition coefficient (Wildman–Crippen LogP) is 4.19. The van der Waals surface area contributed by atoms with Crippen LogP contribution in [0.1, 0.15) is 26.7 Å². The van der Waals surface area contributed by atoms with Crippen LogP contribution in [0.3, 0.4) is 0 Å². The Labute approximate surface area is 108 Å². The molecule has 0 radical (unpaired) electrons. The molecule has 16 heavy (non-hydrogen) atoms. The molecule has 0 N–H and O–H groups in total. The Bertz CT molecular complexity index is 305. The van der Waals surface area contributed by atoms with Gasteiger partial charge in [0.2, 0.25) is 0 Å². The zero-order valence-corrected chi connectivity index (χ0v) is 11.6. The second-order valence-corrected chi connectivity index (χ2v) is 5.38. The van der Waals surface area contributed by atoms with Crippen LogP contribution in [-0.4, -0.2) is 22.3 Å². The highest BCUT2D eigenvalue weighted by Gasteiger charge is 2.08. The van der Waals surface area contributed by atoms with E-state index >= 15 is 0 Å². The van der Waals surface area contributed by atoms with E-state index in [4.69, 9.17) is 12.2 Å². The van der Waals surface area contributed by atoms with E-state index in [-0.39, 0.29) is 0 Å². The summed E-state index contributed by atoms with van der Waals surface area (Å²) in [5, 5.41) is 0. The van der Waals surface area contributed by atoms with Crippen LogP contribution in [0.5, 0.6) is 0 Å². The van der Waals surface area contributed by atoms with Gasteiger partial charge in [-0.2, -0.15) is 0 Å². The number of thioether (sulfide) groups is 1. The first kappa shape index (κ1) is 13.5. The summed E-state index contributed by atoms with van der Waals surface area (Å²) < 4.78 is 0.995. The zero-order chi connectivity index (χ0) is 11.8. The Hall–Kier alpha value is -0.540. The Balaban J connectivity index is 2.55. The molecule has 0 spiro atoms. The SMILES string of the molecule is CCCN(CCC)C(=S)Sc1ccccc1. The largest absolute Gasteiger partial charge is 0.357 e. The molecular weight excluding hydrogens is 234 g/mol. The molecule has 0 saturated heterocycles. The van der Waals surface area contributed by atoms with Gasteiger partial charge in [0.1, 0.15) is 4.32 Å². The molecule has 1 rings (SSSR count). The zero-order valence-electron chi connectivity index (χ0n) is 9.98. The van der Waals surface area contributed by atoms with Gasteiger partial charge in [-0.05, 0) is 25.0 Å². The summed E-state index contributed by atoms with van der Waals surface area (Å²) in [6.07, 6.45) is 2.30. The van der Waals surface area contributed by atoms with Gasteiger partial charge in [-0.3, -0.25) is 0 Å². The first-order valence-corrected chi connectivity index (χ1v) is 7.02. The van der Waals surface area contributed by atoms with Crippen molar-refractivity contribution in [3.63, 3.8) is 0 Å².